The molecule has 0 saturated heterocycles. The van der Waals surface area contributed by atoms with E-state index in [9.17, 15) is 37.8 Å². The van der Waals surface area contributed by atoms with Crippen molar-refractivity contribution in [3.63, 3.8) is 0 Å². The molecular weight excluding hydrogens is 722 g/mol. The Balaban J connectivity index is 1.13. The second-order valence-corrected chi connectivity index (χ2v) is 13.3. The first-order chi connectivity index (χ1) is 25.9. The minimum Gasteiger partial charge on any atom is -0.507 e. The largest absolute Gasteiger partial charge is 0.507 e. The Morgan fingerprint density at radius 2 is 1.59 bits per heavy atom. The molecule has 1 aliphatic heterocycles. The van der Waals surface area contributed by atoms with Crippen LogP contribution in [0, 0.1) is 0 Å². The molecule has 3 aromatic carbocycles. The number of carboxylic acids is 1. The number of ether oxygens (including phenoxy) is 2. The van der Waals surface area contributed by atoms with Gasteiger partial charge in [0.1, 0.15) is 17.1 Å². The number of benzene rings is 4. The van der Waals surface area contributed by atoms with E-state index in [2.05, 4.69) is 25.3 Å². The molecule has 6 rings (SSSR count). The van der Waals surface area contributed by atoms with E-state index >= 15 is 0 Å². The molecule has 2 aliphatic rings. The number of carboxylic acid groups (broad SMARTS) is 1. The van der Waals surface area contributed by atoms with Gasteiger partial charge in [-0.1, -0.05) is 18.2 Å². The highest BCUT2D eigenvalue weighted by molar-refractivity contribution is 7.92. The molecule has 0 unspecified atom stereocenters. The number of methoxy groups -OCH3 is 2. The third kappa shape index (κ3) is 7.90. The van der Waals surface area contributed by atoms with Crippen molar-refractivity contribution in [1.82, 2.24) is 15.3 Å². The van der Waals surface area contributed by atoms with Crippen LogP contribution in [0.1, 0.15) is 28.8 Å². The van der Waals surface area contributed by atoms with Crippen LogP contribution >= 0.6 is 0 Å². The number of rotatable bonds is 13. The van der Waals surface area contributed by atoms with Crippen LogP contribution in [0.15, 0.2) is 99.0 Å². The van der Waals surface area contributed by atoms with Crippen molar-refractivity contribution in [2.45, 2.75) is 24.3 Å². The van der Waals surface area contributed by atoms with Crippen molar-refractivity contribution in [3.8, 4) is 40.1 Å². The Labute approximate surface area is 306 Å². The Morgan fingerprint density at radius 3 is 2.31 bits per heavy atom. The molecule has 5 N–H and O–H groups in total. The van der Waals surface area contributed by atoms with Crippen molar-refractivity contribution in [3.05, 3.63) is 106 Å². The number of sulfonamides is 1. The fourth-order valence-corrected chi connectivity index (χ4v) is 6.61. The molecular formula is C37H31N5O11S. The van der Waals surface area contributed by atoms with Crippen LogP contribution in [0.3, 0.4) is 0 Å². The van der Waals surface area contributed by atoms with Gasteiger partial charge in [0.2, 0.25) is 17.7 Å². The molecule has 1 aliphatic carbocycles. The van der Waals surface area contributed by atoms with Crippen molar-refractivity contribution >= 4 is 50.3 Å². The predicted octanol–water partition coefficient (Wildman–Crippen LogP) is 4.61. The van der Waals surface area contributed by atoms with Gasteiger partial charge in [-0.05, 0) is 60.2 Å². The van der Waals surface area contributed by atoms with Gasteiger partial charge >= 0.3 is 12.0 Å². The summed E-state index contributed by atoms with van der Waals surface area (Å²) in [4.78, 5) is 57.7. The number of phenolic OH excluding ortho intramolecular Hbond substituents is 1. The van der Waals surface area contributed by atoms with E-state index in [0.717, 1.165) is 0 Å². The number of nitrogens with zero attached hydrogens (tertiary/aromatic N) is 2. The number of fused-ring (bicyclic) bond motifs is 2. The Morgan fingerprint density at radius 1 is 0.852 bits per heavy atom. The number of hydrogen-bond acceptors (Lipinski definition) is 12. The van der Waals surface area contributed by atoms with Gasteiger partial charge in [-0.25, -0.2) is 13.2 Å². The van der Waals surface area contributed by atoms with Crippen LogP contribution in [0.4, 0.5) is 11.5 Å². The molecule has 0 saturated carbocycles. The predicted molar refractivity (Wildman–Crippen MR) is 195 cm³/mol. The quantitative estimate of drug-likeness (QED) is 0.101. The number of anilines is 2. The lowest BCUT2D eigenvalue weighted by Gasteiger charge is -2.19. The number of aromatic hydroxyl groups is 1. The summed E-state index contributed by atoms with van der Waals surface area (Å²) in [5.74, 6) is -2.31. The highest BCUT2D eigenvalue weighted by Crippen LogP contribution is 2.43. The first-order valence-electron chi connectivity index (χ1n) is 16.1. The third-order valence-electron chi connectivity index (χ3n) is 8.17. The molecule has 0 fully saturated rings. The minimum atomic E-state index is -4.09. The van der Waals surface area contributed by atoms with Crippen LogP contribution in [-0.2, 0) is 26.2 Å². The van der Waals surface area contributed by atoms with E-state index in [1.807, 2.05) is 0 Å². The summed E-state index contributed by atoms with van der Waals surface area (Å²) < 4.78 is 44.2. The summed E-state index contributed by atoms with van der Waals surface area (Å²) in [6.07, 6.45) is -0.472. The number of amides is 2. The molecule has 0 radical (unpaired) electrons. The van der Waals surface area contributed by atoms with E-state index in [0.29, 0.717) is 22.1 Å². The number of nitrogens with one attached hydrogen (secondary N) is 3. The van der Waals surface area contributed by atoms with Crippen molar-refractivity contribution in [2.75, 3.05) is 24.3 Å². The maximum atomic E-state index is 12.9. The first-order valence-corrected chi connectivity index (χ1v) is 17.6. The summed E-state index contributed by atoms with van der Waals surface area (Å²) in [7, 11) is -1.42. The number of phenols is 1. The van der Waals surface area contributed by atoms with E-state index < -0.39 is 27.8 Å². The van der Waals surface area contributed by atoms with Gasteiger partial charge in [-0.3, -0.25) is 19.1 Å². The Hall–Kier alpha value is -7.01. The zero-order valence-corrected chi connectivity index (χ0v) is 29.4. The van der Waals surface area contributed by atoms with Gasteiger partial charge in [-0.2, -0.15) is 9.97 Å². The summed E-state index contributed by atoms with van der Waals surface area (Å²) in [5, 5.41) is 26.5. The number of aromatic carboxylic acids is 1. The standard InChI is InChI=1S/C37H31N5O11S/c1-51-33-18-30(40-37(41-33)52-2)42-54(49,50)22-10-7-20(8-11-22)39-32(46)16-15-31(45)38-19-27-28(44)14-13-26-34(23-5-3-4-6-24(23)36(47)48)25-12-9-21(43)17-29(25)53-35(26)27/h3-14,17-18,44H,15-16,19H2,1-2H3,(H,38,45)(H,39,46)(H,47,48)(H,40,41,42). The molecule has 1 aromatic heterocycles. The highest BCUT2D eigenvalue weighted by Gasteiger charge is 2.24. The van der Waals surface area contributed by atoms with Gasteiger partial charge in [0.15, 0.2) is 11.2 Å². The smallest absolute Gasteiger partial charge is 0.336 e. The minimum absolute atomic E-state index is 0.0120. The monoisotopic (exact) mass is 753 g/mol. The molecule has 0 bridgehead atoms. The highest BCUT2D eigenvalue weighted by atomic mass is 32.2. The molecule has 2 amide bonds. The average molecular weight is 754 g/mol. The summed E-state index contributed by atoms with van der Waals surface area (Å²) >= 11 is 0. The molecule has 0 spiro atoms. The second kappa shape index (κ2) is 15.3. The zero-order chi connectivity index (χ0) is 38.6. The van der Waals surface area contributed by atoms with Gasteiger partial charge in [-0.15, -0.1) is 0 Å². The lowest BCUT2D eigenvalue weighted by atomic mass is 9.90. The number of carbonyl (C=O) groups excluding carboxylic acids is 2. The topological polar surface area (TPSA) is 236 Å². The summed E-state index contributed by atoms with van der Waals surface area (Å²) in [6, 6.07) is 19.9. The van der Waals surface area contributed by atoms with E-state index in [1.54, 1.807) is 30.3 Å². The number of aromatic nitrogens is 2. The molecule has 2 heterocycles. The molecule has 54 heavy (non-hydrogen) atoms. The van der Waals surface area contributed by atoms with E-state index in [-0.39, 0.29) is 81.3 Å². The van der Waals surface area contributed by atoms with Crippen LogP contribution < -0.4 is 30.3 Å². The molecule has 16 nitrogen and oxygen atoms in total. The maximum Gasteiger partial charge on any atom is 0.336 e. The fraction of sp³-hybridized carbons (Fsp3) is 0.135. The van der Waals surface area contributed by atoms with Crippen molar-refractivity contribution in [1.29, 1.82) is 0 Å². The van der Waals surface area contributed by atoms with Gasteiger partial charge in [0.25, 0.3) is 10.0 Å². The van der Waals surface area contributed by atoms with Crippen molar-refractivity contribution in [2.24, 2.45) is 0 Å². The number of hydrogen-bond donors (Lipinski definition) is 5. The SMILES string of the molecule is COc1cc(NS(=O)(=O)c2ccc(NC(=O)CCC(=O)NCc3c(O)ccc4c(-c5ccccc5C(=O)O)c5ccc(=O)cc-5oc34)cc2)nc(OC)n1. The summed E-state index contributed by atoms with van der Waals surface area (Å²) in [5.41, 5.74) is 1.52. The zero-order valence-electron chi connectivity index (χ0n) is 28.6. The van der Waals surface area contributed by atoms with Gasteiger partial charge in [0.05, 0.1) is 36.8 Å². The van der Waals surface area contributed by atoms with E-state index in [1.165, 1.54) is 68.8 Å². The average Bonchev–Trinajstić information content (AvgIpc) is 3.15. The van der Waals surface area contributed by atoms with E-state index in [4.69, 9.17) is 13.9 Å². The van der Waals surface area contributed by atoms with Gasteiger partial charge < -0.3 is 34.7 Å². The van der Waals surface area contributed by atoms with Crippen LogP contribution in [0.25, 0.3) is 33.4 Å². The normalized spacial score (nSPS) is 11.2. The molecule has 0 atom stereocenters. The fourth-order valence-electron chi connectivity index (χ4n) is 5.62. The second-order valence-electron chi connectivity index (χ2n) is 11.7. The third-order valence-corrected chi connectivity index (χ3v) is 9.54. The van der Waals surface area contributed by atoms with Crippen LogP contribution in [0.5, 0.6) is 17.6 Å². The Kier molecular flexibility index (Phi) is 10.4. The van der Waals surface area contributed by atoms with Crippen LogP contribution in [-0.4, -0.2) is 60.6 Å². The lowest BCUT2D eigenvalue weighted by molar-refractivity contribution is -0.124. The lowest BCUT2D eigenvalue weighted by Crippen LogP contribution is -2.24. The summed E-state index contributed by atoms with van der Waals surface area (Å²) in [6.45, 7) is -0.228. The number of carbonyl (C=O) groups is 3. The van der Waals surface area contributed by atoms with Gasteiger partial charge in [0, 0.05) is 47.2 Å². The van der Waals surface area contributed by atoms with Crippen molar-refractivity contribution < 1.29 is 46.9 Å². The molecule has 17 heteroatoms. The molecule has 4 aromatic rings. The maximum absolute atomic E-state index is 12.9. The molecule has 276 valence electrons. The Bertz CT molecular complexity index is 2530. The first kappa shape index (κ1) is 36.8. The van der Waals surface area contributed by atoms with Crippen LogP contribution in [0.2, 0.25) is 0 Å².